The van der Waals surface area contributed by atoms with Gasteiger partial charge in [0, 0.05) is 30.5 Å². The van der Waals surface area contributed by atoms with Crippen molar-refractivity contribution in [3.8, 4) is 0 Å². The Hall–Kier alpha value is -2.10. The third kappa shape index (κ3) is 2.67. The Bertz CT molecular complexity index is 617. The lowest BCUT2D eigenvalue weighted by Gasteiger charge is -2.06. The summed E-state index contributed by atoms with van der Waals surface area (Å²) in [6.07, 6.45) is 0. The maximum atomic E-state index is 13.4. The van der Waals surface area contributed by atoms with Crippen molar-refractivity contribution in [2.45, 2.75) is 20.4 Å². The molecule has 3 nitrogen and oxygen atoms in total. The first-order chi connectivity index (χ1) is 9.00. The molecular formula is C15H17FN2O. The van der Waals surface area contributed by atoms with Gasteiger partial charge in [0.05, 0.1) is 5.56 Å². The van der Waals surface area contributed by atoms with Gasteiger partial charge in [-0.3, -0.25) is 4.79 Å². The van der Waals surface area contributed by atoms with Crippen LogP contribution >= 0.6 is 0 Å². The normalized spacial score (nSPS) is 10.5. The first kappa shape index (κ1) is 13.3. The number of amides is 1. The fourth-order valence-corrected chi connectivity index (χ4v) is 2.00. The van der Waals surface area contributed by atoms with Gasteiger partial charge >= 0.3 is 0 Å². The van der Waals surface area contributed by atoms with Crippen LogP contribution in [0.25, 0.3) is 0 Å². The van der Waals surface area contributed by atoms with Crippen LogP contribution in [0.4, 0.5) is 4.39 Å². The summed E-state index contributed by atoms with van der Waals surface area (Å²) in [6, 6.07) is 8.28. The molecule has 0 saturated carbocycles. The van der Waals surface area contributed by atoms with Gasteiger partial charge in [-0.05, 0) is 26.0 Å². The van der Waals surface area contributed by atoms with Crippen molar-refractivity contribution >= 4 is 5.91 Å². The largest absolute Gasteiger partial charge is 0.351 e. The van der Waals surface area contributed by atoms with Gasteiger partial charge in [0.2, 0.25) is 0 Å². The Labute approximate surface area is 112 Å². The molecule has 0 aliphatic carbocycles. The fraction of sp³-hybridized carbons (Fsp3) is 0.267. The Balaban J connectivity index is 2.10. The number of nitrogens with one attached hydrogen (secondary N) is 1. The summed E-state index contributed by atoms with van der Waals surface area (Å²) in [7, 11) is 1.91. The first-order valence-electron chi connectivity index (χ1n) is 6.15. The zero-order valence-corrected chi connectivity index (χ0v) is 11.3. The molecule has 100 valence electrons. The lowest BCUT2D eigenvalue weighted by atomic mass is 10.2. The van der Waals surface area contributed by atoms with Gasteiger partial charge in [-0.1, -0.05) is 18.2 Å². The minimum atomic E-state index is -0.302. The molecule has 0 spiro atoms. The molecule has 0 aliphatic rings. The molecular weight excluding hydrogens is 243 g/mol. The van der Waals surface area contributed by atoms with E-state index in [4.69, 9.17) is 0 Å². The summed E-state index contributed by atoms with van der Waals surface area (Å²) in [6.45, 7) is 4.03. The van der Waals surface area contributed by atoms with E-state index in [2.05, 4.69) is 5.32 Å². The second-order valence-electron chi connectivity index (χ2n) is 4.62. The van der Waals surface area contributed by atoms with Crippen LogP contribution in [0.15, 0.2) is 30.3 Å². The van der Waals surface area contributed by atoms with E-state index >= 15 is 0 Å². The Morgan fingerprint density at radius 2 is 2.00 bits per heavy atom. The number of hydrogen-bond acceptors (Lipinski definition) is 1. The number of aromatic nitrogens is 1. The molecule has 0 aliphatic heterocycles. The van der Waals surface area contributed by atoms with E-state index in [-0.39, 0.29) is 18.3 Å². The number of hydrogen-bond donors (Lipinski definition) is 1. The van der Waals surface area contributed by atoms with Gasteiger partial charge in [-0.25, -0.2) is 4.39 Å². The Morgan fingerprint density at radius 3 is 2.58 bits per heavy atom. The molecule has 1 aromatic carbocycles. The lowest BCUT2D eigenvalue weighted by Crippen LogP contribution is -2.23. The molecule has 2 rings (SSSR count). The van der Waals surface area contributed by atoms with E-state index in [0.29, 0.717) is 11.1 Å². The molecule has 1 aromatic heterocycles. The summed E-state index contributed by atoms with van der Waals surface area (Å²) in [5.41, 5.74) is 3.05. The van der Waals surface area contributed by atoms with Crippen LogP contribution in [0.3, 0.4) is 0 Å². The molecule has 1 amide bonds. The molecule has 2 aromatic rings. The number of benzene rings is 1. The van der Waals surface area contributed by atoms with Gasteiger partial charge in [-0.2, -0.15) is 0 Å². The molecule has 0 fully saturated rings. The zero-order chi connectivity index (χ0) is 14.0. The van der Waals surface area contributed by atoms with Crippen molar-refractivity contribution in [2.24, 2.45) is 7.05 Å². The van der Waals surface area contributed by atoms with Crippen molar-refractivity contribution in [1.82, 2.24) is 9.88 Å². The zero-order valence-electron chi connectivity index (χ0n) is 11.3. The highest BCUT2D eigenvalue weighted by Crippen LogP contribution is 2.13. The van der Waals surface area contributed by atoms with Crippen LogP contribution in [0, 0.1) is 19.7 Å². The van der Waals surface area contributed by atoms with E-state index in [1.807, 2.05) is 31.5 Å². The van der Waals surface area contributed by atoms with Crippen molar-refractivity contribution in [3.05, 3.63) is 58.7 Å². The van der Waals surface area contributed by atoms with Crippen LogP contribution in [0.1, 0.15) is 27.3 Å². The summed E-state index contributed by atoms with van der Waals surface area (Å²) < 4.78 is 15.4. The van der Waals surface area contributed by atoms with Crippen LogP contribution in [0.2, 0.25) is 0 Å². The number of aryl methyl sites for hydroxylation is 1. The van der Waals surface area contributed by atoms with Gasteiger partial charge in [0.25, 0.3) is 5.91 Å². The van der Waals surface area contributed by atoms with Crippen molar-refractivity contribution in [3.63, 3.8) is 0 Å². The molecule has 0 saturated heterocycles. The second-order valence-corrected chi connectivity index (χ2v) is 4.62. The van der Waals surface area contributed by atoms with Crippen molar-refractivity contribution < 1.29 is 9.18 Å². The van der Waals surface area contributed by atoms with E-state index in [1.165, 1.54) is 6.07 Å². The smallest absolute Gasteiger partial charge is 0.253 e. The third-order valence-corrected chi connectivity index (χ3v) is 3.42. The van der Waals surface area contributed by atoms with Crippen LogP contribution in [-0.2, 0) is 13.6 Å². The van der Waals surface area contributed by atoms with Gasteiger partial charge in [-0.15, -0.1) is 0 Å². The van der Waals surface area contributed by atoms with E-state index in [0.717, 1.165) is 11.4 Å². The minimum absolute atomic E-state index is 0.176. The molecule has 19 heavy (non-hydrogen) atoms. The minimum Gasteiger partial charge on any atom is -0.351 e. The molecule has 1 N–H and O–H groups in total. The van der Waals surface area contributed by atoms with E-state index < -0.39 is 0 Å². The standard InChI is InChI=1S/C15H17FN2O/c1-10-8-13(11(2)18(10)3)15(19)17-9-12-6-4-5-7-14(12)16/h4-8H,9H2,1-3H3,(H,17,19). The molecule has 0 radical (unpaired) electrons. The van der Waals surface area contributed by atoms with Crippen LogP contribution in [-0.4, -0.2) is 10.5 Å². The molecule has 0 atom stereocenters. The summed E-state index contributed by atoms with van der Waals surface area (Å²) in [5, 5.41) is 2.75. The van der Waals surface area contributed by atoms with E-state index in [1.54, 1.807) is 18.2 Å². The monoisotopic (exact) mass is 260 g/mol. The number of halogens is 1. The van der Waals surface area contributed by atoms with Crippen molar-refractivity contribution in [1.29, 1.82) is 0 Å². The topological polar surface area (TPSA) is 34.0 Å². The fourth-order valence-electron chi connectivity index (χ4n) is 2.00. The highest BCUT2D eigenvalue weighted by molar-refractivity contribution is 5.95. The number of carbonyl (C=O) groups is 1. The summed E-state index contributed by atoms with van der Waals surface area (Å²) >= 11 is 0. The predicted octanol–water partition coefficient (Wildman–Crippen LogP) is 2.71. The predicted molar refractivity (Wildman–Crippen MR) is 72.5 cm³/mol. The molecule has 1 heterocycles. The Morgan fingerprint density at radius 1 is 1.32 bits per heavy atom. The quantitative estimate of drug-likeness (QED) is 0.904. The van der Waals surface area contributed by atoms with Crippen LogP contribution in [0.5, 0.6) is 0 Å². The van der Waals surface area contributed by atoms with E-state index in [9.17, 15) is 9.18 Å². The maximum Gasteiger partial charge on any atom is 0.253 e. The Kier molecular flexibility index (Phi) is 3.69. The van der Waals surface area contributed by atoms with Crippen molar-refractivity contribution in [2.75, 3.05) is 0 Å². The number of carbonyl (C=O) groups excluding carboxylic acids is 1. The third-order valence-electron chi connectivity index (χ3n) is 3.42. The second kappa shape index (κ2) is 5.26. The van der Waals surface area contributed by atoms with Crippen LogP contribution < -0.4 is 5.32 Å². The maximum absolute atomic E-state index is 13.4. The summed E-state index contributed by atoms with van der Waals surface area (Å²) in [5.74, 6) is -0.479. The molecule has 0 bridgehead atoms. The molecule has 4 heteroatoms. The molecule has 0 unspecified atom stereocenters. The summed E-state index contributed by atoms with van der Waals surface area (Å²) in [4.78, 5) is 12.1. The number of nitrogens with zero attached hydrogens (tertiary/aromatic N) is 1. The highest BCUT2D eigenvalue weighted by atomic mass is 19.1. The van der Waals surface area contributed by atoms with Gasteiger partial charge < -0.3 is 9.88 Å². The van der Waals surface area contributed by atoms with Gasteiger partial charge in [0.1, 0.15) is 5.82 Å². The SMILES string of the molecule is Cc1cc(C(=O)NCc2ccccc2F)c(C)n1C. The highest BCUT2D eigenvalue weighted by Gasteiger charge is 2.13. The lowest BCUT2D eigenvalue weighted by molar-refractivity contribution is 0.0950. The van der Waals surface area contributed by atoms with Gasteiger partial charge in [0.15, 0.2) is 0 Å². The average molecular weight is 260 g/mol. The average Bonchev–Trinajstić information content (AvgIpc) is 2.65. The number of rotatable bonds is 3. The first-order valence-corrected chi connectivity index (χ1v) is 6.15.